The van der Waals surface area contributed by atoms with E-state index in [0.717, 1.165) is 0 Å². The van der Waals surface area contributed by atoms with Gasteiger partial charge in [-0.1, -0.05) is 70.0 Å². The molecule has 0 fully saturated rings. The molecule has 1 N–H and O–H groups in total. The molecule has 0 saturated carbocycles. The van der Waals surface area contributed by atoms with E-state index in [9.17, 15) is 9.59 Å². The van der Waals surface area contributed by atoms with Gasteiger partial charge in [0.25, 0.3) is 5.56 Å². The second-order valence-electron chi connectivity index (χ2n) is 10.1. The fourth-order valence-corrected chi connectivity index (χ4v) is 4.82. The molecule has 0 radical (unpaired) electrons. The number of fused-ring (bicyclic) bond motifs is 1. The van der Waals surface area contributed by atoms with Crippen molar-refractivity contribution in [2.75, 3.05) is 14.1 Å². The van der Waals surface area contributed by atoms with Gasteiger partial charge in [0.05, 0.1) is 28.6 Å². The minimum absolute atomic E-state index is 0.0956. The normalized spacial score (nSPS) is 10.8. The Bertz CT molecular complexity index is 1920. The summed E-state index contributed by atoms with van der Waals surface area (Å²) in [5.74, 6) is 5.63. The number of para-hydroxylation sites is 1. The topological polar surface area (TPSA) is 99.1 Å². The number of carbonyl (C=O) groups is 1. The average molecular weight is 604 g/mol. The molecule has 1 aromatic carbocycles. The minimum Gasteiger partial charge on any atom is -0.323 e. The van der Waals surface area contributed by atoms with Crippen molar-refractivity contribution < 1.29 is 4.79 Å². The Morgan fingerprint density at radius 3 is 2.44 bits per heavy atom. The van der Waals surface area contributed by atoms with Crippen LogP contribution in [0.2, 0.25) is 0 Å². The lowest BCUT2D eigenvalue weighted by Gasteiger charge is -2.21. The third kappa shape index (κ3) is 7.80. The van der Waals surface area contributed by atoms with E-state index in [2.05, 4.69) is 45.5 Å². The summed E-state index contributed by atoms with van der Waals surface area (Å²) in [6.07, 6.45) is 8.63. The Morgan fingerprint density at radius 2 is 1.82 bits per heavy atom. The van der Waals surface area contributed by atoms with Gasteiger partial charge in [0, 0.05) is 54.9 Å². The Morgan fingerprint density at radius 1 is 1.13 bits per heavy atom. The van der Waals surface area contributed by atoms with Gasteiger partial charge >= 0.3 is 0 Å². The van der Waals surface area contributed by atoms with Crippen LogP contribution in [0, 0.1) is 18.8 Å². The highest BCUT2D eigenvalue weighted by atomic mass is 16.1. The lowest BCUT2D eigenvalue weighted by molar-refractivity contribution is 0.0975. The molecular formula is C36H41N7O2. The number of nitrogens with zero attached hydrogens (tertiary/aromatic N) is 6. The van der Waals surface area contributed by atoms with E-state index in [1.165, 1.54) is 0 Å². The molecule has 0 spiro atoms. The molecule has 0 saturated heterocycles. The zero-order valence-corrected chi connectivity index (χ0v) is 27.1. The number of allylic oxidation sites excluding steroid dienone is 1. The number of rotatable bonds is 7. The Labute approximate surface area is 265 Å². The largest absolute Gasteiger partial charge is 0.323 e. The Balaban J connectivity index is 0.00000104. The monoisotopic (exact) mass is 603 g/mol. The molecule has 5 rings (SSSR count). The van der Waals surface area contributed by atoms with E-state index >= 15 is 0 Å². The molecule has 0 aliphatic rings. The first-order valence-corrected chi connectivity index (χ1v) is 14.8. The maximum absolute atomic E-state index is 14.1. The summed E-state index contributed by atoms with van der Waals surface area (Å²) >= 11 is 0. The summed E-state index contributed by atoms with van der Waals surface area (Å²) in [4.78, 5) is 32.1. The molecule has 4 aromatic heterocycles. The van der Waals surface area contributed by atoms with Crippen LogP contribution in [0.5, 0.6) is 0 Å². The Hall–Kier alpha value is -5.33. The molecule has 4 heterocycles. The highest BCUT2D eigenvalue weighted by molar-refractivity contribution is 6.02. The van der Waals surface area contributed by atoms with Crippen LogP contribution in [0.15, 0.2) is 85.2 Å². The number of hydrogen-bond acceptors (Lipinski definition) is 6. The number of ketones is 1. The molecule has 0 amide bonds. The van der Waals surface area contributed by atoms with Crippen molar-refractivity contribution in [3.8, 4) is 17.5 Å². The molecule has 9 heteroatoms. The standard InChI is InChI=1S/C32H28N6O2.C2H7N.C2H6/c1-6-25-18-27(22(3)17-28(39)30-23(4)35-37-16-10-15-33-31(30)37)38(26-11-8-7-9-12-26)32(40)29(25)21(2)13-14-24-19-34-36(5)20-24;1-3-2;1-2/h6-12,15-16,18-20,22H,1-2,17H2,3-5H3;3H,1-2H3;1-2H3. The van der Waals surface area contributed by atoms with Gasteiger partial charge in [-0.3, -0.25) is 18.8 Å². The highest BCUT2D eigenvalue weighted by Gasteiger charge is 2.25. The number of pyridine rings is 1. The number of hydrogen-bond donors (Lipinski definition) is 1. The first kappa shape index (κ1) is 34.2. The van der Waals surface area contributed by atoms with Gasteiger partial charge in [0.15, 0.2) is 11.4 Å². The maximum atomic E-state index is 14.1. The molecular weight excluding hydrogens is 562 g/mol. The van der Waals surface area contributed by atoms with Crippen molar-refractivity contribution in [1.82, 2.24) is 34.3 Å². The second-order valence-corrected chi connectivity index (χ2v) is 10.1. The molecule has 0 bridgehead atoms. The molecule has 232 valence electrons. The SMILES string of the molecule is C=Cc1cc(C(C)CC(=O)c2c(C)nn3cccnc23)n(-c2ccccc2)c(=O)c1C(=C)C#Cc1cnn(C)c1.CC.CNC. The summed E-state index contributed by atoms with van der Waals surface area (Å²) in [5, 5.41) is 11.3. The number of Topliss-reactive ketones (excluding diaryl/α,β-unsaturated/α-hetero) is 1. The predicted octanol–water partition coefficient (Wildman–Crippen LogP) is 5.87. The van der Waals surface area contributed by atoms with Gasteiger partial charge in [-0.15, -0.1) is 0 Å². The van der Waals surface area contributed by atoms with Crippen molar-refractivity contribution in [2.24, 2.45) is 7.05 Å². The maximum Gasteiger partial charge on any atom is 0.264 e. The quantitative estimate of drug-likeness (QED) is 0.185. The van der Waals surface area contributed by atoms with Gasteiger partial charge in [-0.2, -0.15) is 10.2 Å². The van der Waals surface area contributed by atoms with Gasteiger partial charge in [-0.25, -0.2) is 9.50 Å². The van der Waals surface area contributed by atoms with Crippen LogP contribution in [-0.4, -0.2) is 48.8 Å². The number of benzene rings is 1. The number of nitrogens with one attached hydrogen (secondary N) is 1. The van der Waals surface area contributed by atoms with Crippen molar-refractivity contribution in [3.63, 3.8) is 0 Å². The fourth-order valence-electron chi connectivity index (χ4n) is 4.82. The van der Waals surface area contributed by atoms with Crippen molar-refractivity contribution in [2.45, 2.75) is 40.0 Å². The van der Waals surface area contributed by atoms with E-state index in [4.69, 9.17) is 0 Å². The third-order valence-corrected chi connectivity index (χ3v) is 6.71. The third-order valence-electron chi connectivity index (χ3n) is 6.71. The summed E-state index contributed by atoms with van der Waals surface area (Å²) in [5.41, 5.74) is 4.75. The molecule has 9 nitrogen and oxygen atoms in total. The van der Waals surface area contributed by atoms with Gasteiger partial charge in [-0.05, 0) is 50.8 Å². The van der Waals surface area contributed by atoms with Crippen LogP contribution >= 0.6 is 0 Å². The van der Waals surface area contributed by atoms with Crippen LogP contribution in [0.4, 0.5) is 0 Å². The molecule has 0 aliphatic carbocycles. The molecule has 5 aromatic rings. The molecule has 1 unspecified atom stereocenters. The lowest BCUT2D eigenvalue weighted by Crippen LogP contribution is -2.27. The van der Waals surface area contributed by atoms with Crippen molar-refractivity contribution in [1.29, 1.82) is 0 Å². The average Bonchev–Trinajstić information content (AvgIpc) is 3.62. The lowest BCUT2D eigenvalue weighted by atomic mass is 9.93. The predicted molar refractivity (Wildman–Crippen MR) is 183 cm³/mol. The summed E-state index contributed by atoms with van der Waals surface area (Å²) in [6.45, 7) is 15.8. The summed E-state index contributed by atoms with van der Waals surface area (Å²) in [6, 6.07) is 13.0. The van der Waals surface area contributed by atoms with Gasteiger partial charge in [0.2, 0.25) is 0 Å². The number of carbonyl (C=O) groups excluding carboxylic acids is 1. The van der Waals surface area contributed by atoms with Crippen LogP contribution in [0.1, 0.15) is 71.5 Å². The fraction of sp³-hybridized carbons (Fsp3) is 0.250. The molecule has 1 atom stereocenters. The zero-order chi connectivity index (χ0) is 33.1. The minimum atomic E-state index is -0.319. The summed E-state index contributed by atoms with van der Waals surface area (Å²) < 4.78 is 4.90. The number of aryl methyl sites for hydroxylation is 2. The highest BCUT2D eigenvalue weighted by Crippen LogP contribution is 2.28. The zero-order valence-electron chi connectivity index (χ0n) is 27.1. The number of aromatic nitrogens is 6. The van der Waals surface area contributed by atoms with E-state index in [-0.39, 0.29) is 23.7 Å². The van der Waals surface area contributed by atoms with E-state index in [1.807, 2.05) is 78.3 Å². The van der Waals surface area contributed by atoms with Crippen molar-refractivity contribution >= 4 is 23.1 Å². The van der Waals surface area contributed by atoms with E-state index in [1.54, 1.807) is 57.6 Å². The van der Waals surface area contributed by atoms with Crippen LogP contribution in [-0.2, 0) is 7.05 Å². The summed E-state index contributed by atoms with van der Waals surface area (Å²) in [7, 11) is 5.56. The van der Waals surface area contributed by atoms with Crippen molar-refractivity contribution in [3.05, 3.63) is 124 Å². The van der Waals surface area contributed by atoms with E-state index < -0.39 is 0 Å². The van der Waals surface area contributed by atoms with Crippen LogP contribution in [0.3, 0.4) is 0 Å². The van der Waals surface area contributed by atoms with Gasteiger partial charge in [0.1, 0.15) is 0 Å². The van der Waals surface area contributed by atoms with Crippen LogP contribution in [0.25, 0.3) is 23.0 Å². The van der Waals surface area contributed by atoms with Gasteiger partial charge < -0.3 is 5.32 Å². The smallest absolute Gasteiger partial charge is 0.264 e. The molecule has 45 heavy (non-hydrogen) atoms. The van der Waals surface area contributed by atoms with E-state index in [0.29, 0.717) is 50.5 Å². The molecule has 0 aliphatic heterocycles. The first-order chi connectivity index (χ1) is 21.7. The Kier molecular flexibility index (Phi) is 12.1. The second kappa shape index (κ2) is 15.9. The van der Waals surface area contributed by atoms with Crippen LogP contribution < -0.4 is 10.9 Å². The first-order valence-electron chi connectivity index (χ1n) is 14.8.